The van der Waals surface area contributed by atoms with Gasteiger partial charge in [-0.15, -0.1) is 0 Å². The third-order valence-electron chi connectivity index (χ3n) is 1.27. The van der Waals surface area contributed by atoms with Gasteiger partial charge in [0.25, 0.3) is 0 Å². The first-order valence-corrected chi connectivity index (χ1v) is 3.74. The number of hydrogen-bond donors (Lipinski definition) is 2. The van der Waals surface area contributed by atoms with Gasteiger partial charge in [-0.25, -0.2) is 0 Å². The summed E-state index contributed by atoms with van der Waals surface area (Å²) in [5.74, 6) is -0.103. The Morgan fingerprint density at radius 1 is 1.73 bits per heavy atom. The summed E-state index contributed by atoms with van der Waals surface area (Å²) in [5, 5.41) is 11.2. The van der Waals surface area contributed by atoms with Crippen molar-refractivity contribution in [1.29, 1.82) is 0 Å². The van der Waals surface area contributed by atoms with Crippen LogP contribution in [0.1, 0.15) is 20.3 Å². The Morgan fingerprint density at radius 3 is 2.82 bits per heavy atom. The largest absolute Gasteiger partial charge is 0.396 e. The van der Waals surface area contributed by atoms with Crippen LogP contribution in [0.15, 0.2) is 12.2 Å². The van der Waals surface area contributed by atoms with Crippen molar-refractivity contribution in [2.24, 2.45) is 0 Å². The van der Waals surface area contributed by atoms with E-state index in [1.54, 1.807) is 13.0 Å². The molecule has 2 N–H and O–H groups in total. The van der Waals surface area contributed by atoms with E-state index in [0.717, 1.165) is 0 Å². The predicted octanol–water partition coefficient (Wildman–Crippen LogP) is 0.450. The Kier molecular flexibility index (Phi) is 5.47. The van der Waals surface area contributed by atoms with Crippen molar-refractivity contribution in [3.8, 4) is 0 Å². The molecule has 0 rings (SSSR count). The van der Waals surface area contributed by atoms with Crippen LogP contribution in [0, 0.1) is 0 Å². The van der Waals surface area contributed by atoms with E-state index >= 15 is 0 Å². The average molecular weight is 157 g/mol. The molecule has 0 aliphatic carbocycles. The third-order valence-corrected chi connectivity index (χ3v) is 1.27. The van der Waals surface area contributed by atoms with Crippen molar-refractivity contribution in [1.82, 2.24) is 5.32 Å². The SMILES string of the molecule is C/C=C/C(=O)N[C@@H](C)CCO. The molecule has 1 amide bonds. The molecular weight excluding hydrogens is 142 g/mol. The molecule has 0 spiro atoms. The Labute approximate surface area is 67.1 Å². The molecule has 0 aliphatic heterocycles. The maximum absolute atomic E-state index is 10.8. The quantitative estimate of drug-likeness (QED) is 0.582. The van der Waals surface area contributed by atoms with Crippen LogP contribution >= 0.6 is 0 Å². The lowest BCUT2D eigenvalue weighted by Gasteiger charge is -2.09. The van der Waals surface area contributed by atoms with Crippen molar-refractivity contribution < 1.29 is 9.90 Å². The zero-order valence-corrected chi connectivity index (χ0v) is 7.00. The minimum Gasteiger partial charge on any atom is -0.396 e. The molecule has 0 aromatic heterocycles. The van der Waals surface area contributed by atoms with Crippen molar-refractivity contribution in [3.05, 3.63) is 12.2 Å². The summed E-state index contributed by atoms with van der Waals surface area (Å²) in [6.45, 7) is 3.76. The number of allylic oxidation sites excluding steroid dienone is 1. The van der Waals surface area contributed by atoms with Gasteiger partial charge in [-0.3, -0.25) is 4.79 Å². The number of amides is 1. The van der Waals surface area contributed by atoms with Gasteiger partial charge in [0.2, 0.25) is 5.91 Å². The minimum atomic E-state index is -0.103. The van der Waals surface area contributed by atoms with Crippen molar-refractivity contribution in [2.45, 2.75) is 26.3 Å². The van der Waals surface area contributed by atoms with Gasteiger partial charge in [0.05, 0.1) is 0 Å². The van der Waals surface area contributed by atoms with Gasteiger partial charge in [-0.2, -0.15) is 0 Å². The molecule has 0 aliphatic rings. The summed E-state index contributed by atoms with van der Waals surface area (Å²) in [4.78, 5) is 10.8. The topological polar surface area (TPSA) is 49.3 Å². The molecule has 0 heterocycles. The van der Waals surface area contributed by atoms with Crippen molar-refractivity contribution in [2.75, 3.05) is 6.61 Å². The van der Waals surface area contributed by atoms with Crippen molar-refractivity contribution in [3.63, 3.8) is 0 Å². The molecule has 0 aromatic carbocycles. The van der Waals surface area contributed by atoms with E-state index in [-0.39, 0.29) is 18.6 Å². The predicted molar refractivity (Wildman–Crippen MR) is 44.1 cm³/mol. The molecule has 0 fully saturated rings. The second-order valence-corrected chi connectivity index (χ2v) is 2.42. The Morgan fingerprint density at radius 2 is 2.36 bits per heavy atom. The smallest absolute Gasteiger partial charge is 0.243 e. The van der Waals surface area contributed by atoms with Gasteiger partial charge in [0.15, 0.2) is 0 Å². The summed E-state index contributed by atoms with van der Waals surface area (Å²) in [5.41, 5.74) is 0. The van der Waals surface area contributed by atoms with Crippen LogP contribution in [0.4, 0.5) is 0 Å². The van der Waals surface area contributed by atoms with Crippen LogP contribution in [0.25, 0.3) is 0 Å². The number of nitrogens with one attached hydrogen (secondary N) is 1. The number of aliphatic hydroxyl groups excluding tert-OH is 1. The van der Waals surface area contributed by atoms with Crippen LogP contribution in [0.5, 0.6) is 0 Å². The molecule has 3 heteroatoms. The highest BCUT2D eigenvalue weighted by Crippen LogP contribution is 1.88. The average Bonchev–Trinajstić information content (AvgIpc) is 1.87. The number of aliphatic hydroxyl groups is 1. The van der Waals surface area contributed by atoms with E-state index in [9.17, 15) is 4.79 Å². The van der Waals surface area contributed by atoms with Gasteiger partial charge in [0, 0.05) is 12.6 Å². The molecule has 0 saturated heterocycles. The molecule has 3 nitrogen and oxygen atoms in total. The lowest BCUT2D eigenvalue weighted by molar-refractivity contribution is -0.117. The second kappa shape index (κ2) is 5.92. The van der Waals surface area contributed by atoms with Gasteiger partial charge in [-0.1, -0.05) is 6.08 Å². The molecule has 11 heavy (non-hydrogen) atoms. The lowest BCUT2D eigenvalue weighted by atomic mass is 10.2. The monoisotopic (exact) mass is 157 g/mol. The minimum absolute atomic E-state index is 0.0451. The van der Waals surface area contributed by atoms with E-state index in [1.807, 2.05) is 6.92 Å². The van der Waals surface area contributed by atoms with Gasteiger partial charge in [0.1, 0.15) is 0 Å². The van der Waals surface area contributed by atoms with Gasteiger partial charge >= 0.3 is 0 Å². The van der Waals surface area contributed by atoms with Crippen molar-refractivity contribution >= 4 is 5.91 Å². The highest BCUT2D eigenvalue weighted by atomic mass is 16.3. The molecule has 64 valence electrons. The van der Waals surface area contributed by atoms with E-state index in [1.165, 1.54) is 6.08 Å². The summed E-state index contributed by atoms with van der Waals surface area (Å²) in [7, 11) is 0. The summed E-state index contributed by atoms with van der Waals surface area (Å²) in [6, 6.07) is 0.0451. The number of carbonyl (C=O) groups is 1. The fraction of sp³-hybridized carbons (Fsp3) is 0.625. The fourth-order valence-electron chi connectivity index (χ4n) is 0.708. The molecule has 0 aromatic rings. The Balaban J connectivity index is 3.57. The maximum Gasteiger partial charge on any atom is 0.243 e. The van der Waals surface area contributed by atoms with Gasteiger partial charge < -0.3 is 10.4 Å². The van der Waals surface area contributed by atoms with Crippen LogP contribution in [0.2, 0.25) is 0 Å². The van der Waals surface area contributed by atoms with Gasteiger partial charge in [-0.05, 0) is 26.3 Å². The normalized spacial score (nSPS) is 13.4. The van der Waals surface area contributed by atoms with E-state index in [4.69, 9.17) is 5.11 Å². The van der Waals surface area contributed by atoms with E-state index in [2.05, 4.69) is 5.32 Å². The van der Waals surface area contributed by atoms with E-state index < -0.39 is 0 Å². The fourth-order valence-corrected chi connectivity index (χ4v) is 0.708. The highest BCUT2D eigenvalue weighted by molar-refractivity contribution is 5.87. The molecule has 0 radical (unpaired) electrons. The lowest BCUT2D eigenvalue weighted by Crippen LogP contribution is -2.31. The molecule has 1 atom stereocenters. The van der Waals surface area contributed by atoms with Crippen LogP contribution in [0.3, 0.4) is 0 Å². The second-order valence-electron chi connectivity index (χ2n) is 2.42. The number of rotatable bonds is 4. The molecule has 0 saturated carbocycles. The summed E-state index contributed by atoms with van der Waals surface area (Å²) >= 11 is 0. The number of carbonyl (C=O) groups excluding carboxylic acids is 1. The first-order valence-electron chi connectivity index (χ1n) is 3.74. The summed E-state index contributed by atoms with van der Waals surface area (Å²) < 4.78 is 0. The van der Waals surface area contributed by atoms with Crippen LogP contribution < -0.4 is 5.32 Å². The van der Waals surface area contributed by atoms with Crippen LogP contribution in [-0.2, 0) is 4.79 Å². The Bertz CT molecular complexity index is 143. The number of hydrogen-bond acceptors (Lipinski definition) is 2. The Hall–Kier alpha value is -0.830. The molecule has 0 bridgehead atoms. The standard InChI is InChI=1S/C8H15NO2/c1-3-4-8(11)9-7(2)5-6-10/h3-4,7,10H,5-6H2,1-2H3,(H,9,11)/b4-3+/t7-/m0/s1. The molecule has 0 unspecified atom stereocenters. The highest BCUT2D eigenvalue weighted by Gasteiger charge is 2.01. The first-order chi connectivity index (χ1) is 5.20. The third kappa shape index (κ3) is 5.61. The first kappa shape index (κ1) is 10.2. The zero-order valence-electron chi connectivity index (χ0n) is 7.00. The van der Waals surface area contributed by atoms with E-state index in [0.29, 0.717) is 6.42 Å². The zero-order chi connectivity index (χ0) is 8.69. The maximum atomic E-state index is 10.8. The summed E-state index contributed by atoms with van der Waals surface area (Å²) in [6.07, 6.45) is 3.75. The van der Waals surface area contributed by atoms with Crippen LogP contribution in [-0.4, -0.2) is 23.7 Å². The molecular formula is C8H15NO2.